The van der Waals surface area contributed by atoms with E-state index in [1.165, 1.54) is 65.6 Å². The van der Waals surface area contributed by atoms with Crippen LogP contribution in [0.4, 0.5) is 0 Å². The highest BCUT2D eigenvalue weighted by Gasteiger charge is 2.24. The Morgan fingerprint density at radius 3 is 2.15 bits per heavy atom. The Hall–Kier alpha value is -3.58. The van der Waals surface area contributed by atoms with Crippen LogP contribution in [0.1, 0.15) is 0 Å². The molecule has 0 amide bonds. The second-order valence-electron chi connectivity index (χ2n) is 7.45. The number of hydrogen-bond acceptors (Lipinski definition) is 0. The average Bonchev–Trinajstić information content (AvgIpc) is 3.26. The maximum absolute atomic E-state index is 3.61. The minimum absolute atomic E-state index is 1.20. The van der Waals surface area contributed by atoms with E-state index in [-0.39, 0.29) is 0 Å². The summed E-state index contributed by atoms with van der Waals surface area (Å²) < 4.78 is 0. The molecular formula is C26H15N. The molecule has 124 valence electrons. The van der Waals surface area contributed by atoms with Crippen LogP contribution in [-0.2, 0) is 0 Å². The molecule has 1 nitrogen and oxygen atoms in total. The number of para-hydroxylation sites is 1. The SMILES string of the molecule is c1cc2c3c(cccc3c1)-c1c-2ccc2ccc3[nH]c4ccccc4c3c12. The van der Waals surface area contributed by atoms with E-state index in [4.69, 9.17) is 0 Å². The van der Waals surface area contributed by atoms with Crippen molar-refractivity contribution >= 4 is 43.4 Å². The molecule has 1 aliphatic carbocycles. The Morgan fingerprint density at radius 1 is 0.444 bits per heavy atom. The Morgan fingerprint density at radius 2 is 1.22 bits per heavy atom. The van der Waals surface area contributed by atoms with Crippen molar-refractivity contribution in [3.05, 3.63) is 84.9 Å². The maximum atomic E-state index is 3.61. The quantitative estimate of drug-likeness (QED) is 0.298. The largest absolute Gasteiger partial charge is 0.354 e. The summed E-state index contributed by atoms with van der Waals surface area (Å²) >= 11 is 0. The Labute approximate surface area is 155 Å². The molecule has 0 unspecified atom stereocenters. The molecule has 1 aromatic heterocycles. The van der Waals surface area contributed by atoms with Gasteiger partial charge in [0.15, 0.2) is 0 Å². The summed E-state index contributed by atoms with van der Waals surface area (Å²) in [7, 11) is 0. The first-order valence-corrected chi connectivity index (χ1v) is 9.39. The minimum Gasteiger partial charge on any atom is -0.354 e. The Kier molecular flexibility index (Phi) is 2.30. The van der Waals surface area contributed by atoms with E-state index in [0.29, 0.717) is 0 Å². The van der Waals surface area contributed by atoms with Crippen molar-refractivity contribution in [1.29, 1.82) is 0 Å². The predicted molar refractivity (Wildman–Crippen MR) is 115 cm³/mol. The zero-order chi connectivity index (χ0) is 17.5. The van der Waals surface area contributed by atoms with Gasteiger partial charge in [-0.05, 0) is 50.5 Å². The van der Waals surface area contributed by atoms with Gasteiger partial charge in [-0.3, -0.25) is 0 Å². The van der Waals surface area contributed by atoms with E-state index in [2.05, 4.69) is 89.9 Å². The summed E-state index contributed by atoms with van der Waals surface area (Å²) in [6, 6.07) is 31.0. The van der Waals surface area contributed by atoms with E-state index in [9.17, 15) is 0 Å². The predicted octanol–water partition coefficient (Wildman–Crippen LogP) is 7.27. The molecule has 0 saturated carbocycles. The summed E-state index contributed by atoms with van der Waals surface area (Å²) in [4.78, 5) is 3.61. The number of aromatic amines is 1. The number of rotatable bonds is 0. The summed E-state index contributed by atoms with van der Waals surface area (Å²) in [5.74, 6) is 0. The van der Waals surface area contributed by atoms with E-state index in [1.807, 2.05) is 0 Å². The average molecular weight is 341 g/mol. The van der Waals surface area contributed by atoms with Gasteiger partial charge < -0.3 is 4.98 Å². The normalized spacial score (nSPS) is 12.4. The zero-order valence-electron chi connectivity index (χ0n) is 14.6. The van der Waals surface area contributed by atoms with Crippen molar-refractivity contribution in [2.24, 2.45) is 0 Å². The highest BCUT2D eigenvalue weighted by Crippen LogP contribution is 2.51. The fraction of sp³-hybridized carbons (Fsp3) is 0. The second kappa shape index (κ2) is 4.57. The molecule has 0 bridgehead atoms. The van der Waals surface area contributed by atoms with Gasteiger partial charge in [0.1, 0.15) is 0 Å². The van der Waals surface area contributed by atoms with E-state index in [1.54, 1.807) is 0 Å². The second-order valence-corrected chi connectivity index (χ2v) is 7.45. The van der Waals surface area contributed by atoms with Crippen LogP contribution in [0.3, 0.4) is 0 Å². The van der Waals surface area contributed by atoms with Gasteiger partial charge in [-0.15, -0.1) is 0 Å². The van der Waals surface area contributed by atoms with Crippen LogP contribution in [0.15, 0.2) is 84.9 Å². The highest BCUT2D eigenvalue weighted by atomic mass is 14.7. The number of nitrogens with one attached hydrogen (secondary N) is 1. The first-order valence-electron chi connectivity index (χ1n) is 9.39. The van der Waals surface area contributed by atoms with Crippen LogP contribution >= 0.6 is 0 Å². The fourth-order valence-corrected chi connectivity index (χ4v) is 5.04. The van der Waals surface area contributed by atoms with Crippen LogP contribution in [0.5, 0.6) is 0 Å². The van der Waals surface area contributed by atoms with Crippen LogP contribution in [0.25, 0.3) is 65.6 Å². The van der Waals surface area contributed by atoms with Gasteiger partial charge in [-0.2, -0.15) is 0 Å². The van der Waals surface area contributed by atoms with Gasteiger partial charge in [-0.1, -0.05) is 72.8 Å². The van der Waals surface area contributed by atoms with Crippen LogP contribution in [0, 0.1) is 0 Å². The Balaban J connectivity index is 1.80. The molecular weight excluding hydrogens is 326 g/mol. The van der Waals surface area contributed by atoms with E-state index in [0.717, 1.165) is 0 Å². The molecule has 0 atom stereocenters. The number of H-pyrrole nitrogens is 1. The number of aromatic nitrogens is 1. The van der Waals surface area contributed by atoms with Crippen LogP contribution in [-0.4, -0.2) is 4.98 Å². The van der Waals surface area contributed by atoms with E-state index < -0.39 is 0 Å². The van der Waals surface area contributed by atoms with Crippen molar-refractivity contribution in [3.8, 4) is 22.3 Å². The van der Waals surface area contributed by atoms with Crippen LogP contribution < -0.4 is 0 Å². The lowest BCUT2D eigenvalue weighted by molar-refractivity contribution is 1.55. The molecule has 1 heteroatoms. The minimum atomic E-state index is 1.20. The summed E-state index contributed by atoms with van der Waals surface area (Å²) in [5.41, 5.74) is 7.87. The third-order valence-electron chi connectivity index (χ3n) is 6.12. The highest BCUT2D eigenvalue weighted by molar-refractivity contribution is 6.30. The molecule has 6 aromatic rings. The molecule has 5 aromatic carbocycles. The van der Waals surface area contributed by atoms with E-state index >= 15 is 0 Å². The molecule has 0 aliphatic heterocycles. The zero-order valence-corrected chi connectivity index (χ0v) is 14.6. The lowest BCUT2D eigenvalue weighted by atomic mass is 9.93. The molecule has 0 fully saturated rings. The third kappa shape index (κ3) is 1.56. The first kappa shape index (κ1) is 13.6. The number of hydrogen-bond donors (Lipinski definition) is 1. The molecule has 0 spiro atoms. The lowest BCUT2D eigenvalue weighted by Crippen LogP contribution is -1.83. The number of fused-ring (bicyclic) bond motifs is 9. The monoisotopic (exact) mass is 341 g/mol. The smallest absolute Gasteiger partial charge is 0.0471 e. The molecule has 1 N–H and O–H groups in total. The van der Waals surface area contributed by atoms with Gasteiger partial charge in [0, 0.05) is 27.2 Å². The number of benzene rings is 5. The lowest BCUT2D eigenvalue weighted by Gasteiger charge is -2.09. The first-order chi connectivity index (χ1) is 13.4. The van der Waals surface area contributed by atoms with Crippen LogP contribution in [0.2, 0.25) is 0 Å². The molecule has 7 rings (SSSR count). The topological polar surface area (TPSA) is 15.8 Å². The third-order valence-corrected chi connectivity index (χ3v) is 6.12. The fourth-order valence-electron chi connectivity index (χ4n) is 5.04. The van der Waals surface area contributed by atoms with Gasteiger partial charge >= 0.3 is 0 Å². The van der Waals surface area contributed by atoms with Crippen molar-refractivity contribution in [2.75, 3.05) is 0 Å². The standard InChI is InChI=1S/C26H15N/c1-2-10-21-19(7-1)26-22(27-21)14-12-16-11-13-18-17-8-3-5-15-6-4-9-20(23(15)17)25(18)24(16)26/h1-14,27H. The Bertz CT molecular complexity index is 1560. The van der Waals surface area contributed by atoms with Gasteiger partial charge in [-0.25, -0.2) is 0 Å². The van der Waals surface area contributed by atoms with Crippen molar-refractivity contribution in [1.82, 2.24) is 4.98 Å². The molecule has 0 radical (unpaired) electrons. The van der Waals surface area contributed by atoms with Crippen molar-refractivity contribution in [2.45, 2.75) is 0 Å². The van der Waals surface area contributed by atoms with Gasteiger partial charge in [0.05, 0.1) is 0 Å². The molecule has 1 aliphatic rings. The maximum Gasteiger partial charge on any atom is 0.0471 e. The molecule has 27 heavy (non-hydrogen) atoms. The molecule has 0 saturated heterocycles. The van der Waals surface area contributed by atoms with Crippen molar-refractivity contribution in [3.63, 3.8) is 0 Å². The van der Waals surface area contributed by atoms with Gasteiger partial charge in [0.2, 0.25) is 0 Å². The molecule has 1 heterocycles. The van der Waals surface area contributed by atoms with Gasteiger partial charge in [0.25, 0.3) is 0 Å². The summed E-state index contributed by atoms with van der Waals surface area (Å²) in [6.45, 7) is 0. The summed E-state index contributed by atoms with van der Waals surface area (Å²) in [6.07, 6.45) is 0. The summed E-state index contributed by atoms with van der Waals surface area (Å²) in [5, 5.41) is 8.01. The van der Waals surface area contributed by atoms with Crippen molar-refractivity contribution < 1.29 is 0 Å².